The zero-order valence-corrected chi connectivity index (χ0v) is 13.1. The molecule has 0 aliphatic heterocycles. The molecule has 8 heteroatoms. The van der Waals surface area contributed by atoms with E-state index in [4.69, 9.17) is 5.11 Å². The highest BCUT2D eigenvalue weighted by molar-refractivity contribution is 9.11. The fraction of sp³-hybridized carbons (Fsp3) is 0.154. The number of carboxylic acid groups (broad SMARTS) is 1. The van der Waals surface area contributed by atoms with Gasteiger partial charge in [-0.3, -0.25) is 10.1 Å². The van der Waals surface area contributed by atoms with E-state index < -0.39 is 18.0 Å². The van der Waals surface area contributed by atoms with E-state index in [0.717, 1.165) is 9.35 Å². The van der Waals surface area contributed by atoms with Crippen molar-refractivity contribution in [3.05, 3.63) is 45.9 Å². The number of urea groups is 1. The summed E-state index contributed by atoms with van der Waals surface area (Å²) in [5.41, 5.74) is 0.732. The lowest BCUT2D eigenvalue weighted by Gasteiger charge is -2.17. The second-order valence-electron chi connectivity index (χ2n) is 4.13. The van der Waals surface area contributed by atoms with Crippen molar-refractivity contribution in [2.45, 2.75) is 12.5 Å². The molecule has 0 aliphatic carbocycles. The second kappa shape index (κ2) is 7.19. The standard InChI is InChI=1S/C13H12BrN3O3S/c14-10-7-15-13(21-10)17-12(20)16-9(6-11(18)19)8-4-2-1-3-5-8/h1-5,7,9H,6H2,(H,18,19)(H2,15,16,17,20). The van der Waals surface area contributed by atoms with Gasteiger partial charge in [0.25, 0.3) is 0 Å². The molecule has 1 aromatic heterocycles. The summed E-state index contributed by atoms with van der Waals surface area (Å²) < 4.78 is 0.794. The van der Waals surface area contributed by atoms with Crippen molar-refractivity contribution in [2.24, 2.45) is 0 Å². The third-order valence-electron chi connectivity index (χ3n) is 2.58. The average molecular weight is 370 g/mol. The molecule has 2 amide bonds. The minimum absolute atomic E-state index is 0.195. The topological polar surface area (TPSA) is 91.3 Å². The van der Waals surface area contributed by atoms with Gasteiger partial charge in [0.15, 0.2) is 5.13 Å². The number of benzene rings is 1. The van der Waals surface area contributed by atoms with Gasteiger partial charge in [0.2, 0.25) is 0 Å². The average Bonchev–Trinajstić information content (AvgIpc) is 2.83. The highest BCUT2D eigenvalue weighted by Gasteiger charge is 2.18. The maximum atomic E-state index is 11.9. The number of hydrogen-bond donors (Lipinski definition) is 3. The van der Waals surface area contributed by atoms with Crippen LogP contribution < -0.4 is 10.6 Å². The van der Waals surface area contributed by atoms with Crippen molar-refractivity contribution in [2.75, 3.05) is 5.32 Å². The molecule has 2 aromatic rings. The van der Waals surface area contributed by atoms with E-state index in [-0.39, 0.29) is 6.42 Å². The Morgan fingerprint density at radius 1 is 1.33 bits per heavy atom. The minimum Gasteiger partial charge on any atom is -0.481 e. The Morgan fingerprint density at radius 2 is 2.05 bits per heavy atom. The van der Waals surface area contributed by atoms with Crippen LogP contribution in [-0.2, 0) is 4.79 Å². The third-order valence-corrected chi connectivity index (χ3v) is 3.98. The first kappa shape index (κ1) is 15.5. The number of aliphatic carboxylic acids is 1. The predicted octanol–water partition coefficient (Wildman–Crippen LogP) is 3.24. The molecule has 0 aliphatic rings. The van der Waals surface area contributed by atoms with Gasteiger partial charge in [-0.1, -0.05) is 41.7 Å². The number of nitrogens with zero attached hydrogens (tertiary/aromatic N) is 1. The van der Waals surface area contributed by atoms with Crippen LogP contribution in [0, 0.1) is 0 Å². The summed E-state index contributed by atoms with van der Waals surface area (Å²) in [6, 6.07) is 7.86. The fourth-order valence-electron chi connectivity index (χ4n) is 1.72. The summed E-state index contributed by atoms with van der Waals surface area (Å²) in [7, 11) is 0. The van der Waals surface area contributed by atoms with E-state index >= 15 is 0 Å². The van der Waals surface area contributed by atoms with Crippen LogP contribution >= 0.6 is 27.3 Å². The second-order valence-corrected chi connectivity index (χ2v) is 6.54. The number of nitrogens with one attached hydrogen (secondary N) is 2. The number of anilines is 1. The maximum absolute atomic E-state index is 11.9. The summed E-state index contributed by atoms with van der Waals surface area (Å²) >= 11 is 4.52. The van der Waals surface area contributed by atoms with Crippen molar-refractivity contribution in [1.29, 1.82) is 0 Å². The Balaban J connectivity index is 2.04. The number of aromatic nitrogens is 1. The summed E-state index contributed by atoms with van der Waals surface area (Å²) in [5.74, 6) is -0.985. The number of carbonyl (C=O) groups excluding carboxylic acids is 1. The zero-order chi connectivity index (χ0) is 15.2. The molecule has 0 radical (unpaired) electrons. The van der Waals surface area contributed by atoms with Gasteiger partial charge in [-0.15, -0.1) is 0 Å². The smallest absolute Gasteiger partial charge is 0.321 e. The quantitative estimate of drug-likeness (QED) is 0.754. The van der Waals surface area contributed by atoms with Crippen LogP contribution in [0.2, 0.25) is 0 Å². The van der Waals surface area contributed by atoms with Crippen molar-refractivity contribution in [3.8, 4) is 0 Å². The van der Waals surface area contributed by atoms with Gasteiger partial charge >= 0.3 is 12.0 Å². The molecule has 1 aromatic carbocycles. The largest absolute Gasteiger partial charge is 0.481 e. The molecule has 2 rings (SSSR count). The van der Waals surface area contributed by atoms with Crippen molar-refractivity contribution >= 4 is 44.4 Å². The maximum Gasteiger partial charge on any atom is 0.321 e. The Bertz CT molecular complexity index is 633. The molecule has 21 heavy (non-hydrogen) atoms. The number of carboxylic acids is 1. The van der Waals surface area contributed by atoms with Gasteiger partial charge in [-0.2, -0.15) is 0 Å². The summed E-state index contributed by atoms with van der Waals surface area (Å²) in [6.07, 6.45) is 1.38. The minimum atomic E-state index is -0.985. The molecule has 1 unspecified atom stereocenters. The van der Waals surface area contributed by atoms with E-state index in [9.17, 15) is 9.59 Å². The van der Waals surface area contributed by atoms with Gasteiger partial charge in [0.05, 0.1) is 22.4 Å². The van der Waals surface area contributed by atoms with Crippen LogP contribution in [0.15, 0.2) is 40.3 Å². The van der Waals surface area contributed by atoms with E-state index in [0.29, 0.717) is 5.13 Å². The molecule has 3 N–H and O–H groups in total. The number of hydrogen-bond acceptors (Lipinski definition) is 4. The number of carbonyl (C=O) groups is 2. The van der Waals surface area contributed by atoms with Crippen LogP contribution in [0.1, 0.15) is 18.0 Å². The number of thiazole rings is 1. The first-order chi connectivity index (χ1) is 10.0. The lowest BCUT2D eigenvalue weighted by molar-refractivity contribution is -0.137. The van der Waals surface area contributed by atoms with Gasteiger partial charge in [0, 0.05) is 0 Å². The van der Waals surface area contributed by atoms with Crippen LogP contribution in [-0.4, -0.2) is 22.1 Å². The molecule has 110 valence electrons. The highest BCUT2D eigenvalue weighted by atomic mass is 79.9. The zero-order valence-electron chi connectivity index (χ0n) is 10.7. The van der Waals surface area contributed by atoms with Crippen molar-refractivity contribution in [1.82, 2.24) is 10.3 Å². The predicted molar refractivity (Wildman–Crippen MR) is 83.4 cm³/mol. The first-order valence-corrected chi connectivity index (χ1v) is 7.61. The Morgan fingerprint density at radius 3 is 2.62 bits per heavy atom. The van der Waals surface area contributed by atoms with Gasteiger partial charge < -0.3 is 10.4 Å². The van der Waals surface area contributed by atoms with Crippen molar-refractivity contribution < 1.29 is 14.7 Å². The third kappa shape index (κ3) is 4.83. The summed E-state index contributed by atoms with van der Waals surface area (Å²) in [6.45, 7) is 0. The Hall–Kier alpha value is -1.93. The van der Waals surface area contributed by atoms with Crippen LogP contribution in [0.3, 0.4) is 0 Å². The molecule has 1 heterocycles. The lowest BCUT2D eigenvalue weighted by atomic mass is 10.0. The first-order valence-electron chi connectivity index (χ1n) is 6.00. The van der Waals surface area contributed by atoms with E-state index in [2.05, 4.69) is 31.5 Å². The van der Waals surface area contributed by atoms with Gasteiger partial charge in [0.1, 0.15) is 0 Å². The van der Waals surface area contributed by atoms with Gasteiger partial charge in [-0.05, 0) is 21.5 Å². The lowest BCUT2D eigenvalue weighted by Crippen LogP contribution is -2.33. The van der Waals surface area contributed by atoms with Crippen molar-refractivity contribution in [3.63, 3.8) is 0 Å². The molecule has 0 fully saturated rings. The van der Waals surface area contributed by atoms with E-state index in [1.165, 1.54) is 11.3 Å². The normalized spacial score (nSPS) is 11.7. The molecule has 1 atom stereocenters. The molecule has 6 nitrogen and oxygen atoms in total. The summed E-state index contributed by atoms with van der Waals surface area (Å²) in [5, 5.41) is 14.6. The monoisotopic (exact) mass is 369 g/mol. The molecular weight excluding hydrogens is 358 g/mol. The van der Waals surface area contributed by atoms with Crippen LogP contribution in [0.4, 0.5) is 9.93 Å². The van der Waals surface area contributed by atoms with E-state index in [1.54, 1.807) is 30.5 Å². The molecule has 0 bridgehead atoms. The highest BCUT2D eigenvalue weighted by Crippen LogP contribution is 2.23. The molecular formula is C13H12BrN3O3S. The number of halogens is 1. The molecule has 0 saturated heterocycles. The van der Waals surface area contributed by atoms with Gasteiger partial charge in [-0.25, -0.2) is 9.78 Å². The van der Waals surface area contributed by atoms with Crippen LogP contribution in [0.25, 0.3) is 0 Å². The Labute approximate surface area is 133 Å². The van der Waals surface area contributed by atoms with Crippen LogP contribution in [0.5, 0.6) is 0 Å². The number of rotatable bonds is 5. The molecule has 0 saturated carbocycles. The SMILES string of the molecule is O=C(O)CC(NC(=O)Nc1ncc(Br)s1)c1ccccc1. The van der Waals surface area contributed by atoms with E-state index in [1.807, 2.05) is 6.07 Å². The Kier molecular flexibility index (Phi) is 5.29. The fourth-order valence-corrected chi connectivity index (χ4v) is 2.82. The summed E-state index contributed by atoms with van der Waals surface area (Å²) in [4.78, 5) is 26.8. The molecule has 0 spiro atoms. The number of amides is 2.